The van der Waals surface area contributed by atoms with Gasteiger partial charge in [-0.3, -0.25) is 9.59 Å². The van der Waals surface area contributed by atoms with E-state index in [1.54, 1.807) is 43.6 Å². The summed E-state index contributed by atoms with van der Waals surface area (Å²) in [7, 11) is 0. The van der Waals surface area contributed by atoms with Gasteiger partial charge in [0, 0.05) is 30.8 Å². The predicted molar refractivity (Wildman–Crippen MR) is 158 cm³/mol. The average molecular weight is 556 g/mol. The van der Waals surface area contributed by atoms with E-state index in [1.165, 1.54) is 6.42 Å². The summed E-state index contributed by atoms with van der Waals surface area (Å²) < 4.78 is 11.0. The first-order chi connectivity index (χ1) is 19.7. The number of nitrogens with one attached hydrogen (secondary N) is 1. The molecule has 9 heteroatoms. The molecule has 2 aromatic carbocycles. The largest absolute Gasteiger partial charge is 0.426 e. The van der Waals surface area contributed by atoms with E-state index in [0.29, 0.717) is 34.1 Å². The van der Waals surface area contributed by atoms with Gasteiger partial charge in [-0.25, -0.2) is 9.97 Å². The molecule has 9 nitrogen and oxygen atoms in total. The third-order valence-corrected chi connectivity index (χ3v) is 6.62. The first-order valence-electron chi connectivity index (χ1n) is 14.1. The molecule has 0 saturated heterocycles. The Labute approximate surface area is 240 Å². The quantitative estimate of drug-likeness (QED) is 0.117. The molecule has 0 aliphatic carbocycles. The Morgan fingerprint density at radius 1 is 0.951 bits per heavy atom. The highest BCUT2D eigenvalue weighted by Crippen LogP contribution is 2.36. The molecule has 0 atom stereocenters. The highest BCUT2D eigenvalue weighted by atomic mass is 16.5. The number of hydrogen-bond acceptors (Lipinski definition) is 8. The van der Waals surface area contributed by atoms with Crippen LogP contribution in [-0.2, 0) is 16.6 Å². The highest BCUT2D eigenvalue weighted by molar-refractivity contribution is 6.06. The zero-order valence-electron chi connectivity index (χ0n) is 24.4. The number of esters is 1. The van der Waals surface area contributed by atoms with Gasteiger partial charge in [-0.1, -0.05) is 77.2 Å². The van der Waals surface area contributed by atoms with Crippen LogP contribution < -0.4 is 10.1 Å². The van der Waals surface area contributed by atoms with Crippen LogP contribution in [0.1, 0.15) is 88.5 Å². The van der Waals surface area contributed by atoms with Crippen molar-refractivity contribution in [1.29, 1.82) is 0 Å². The molecule has 0 aliphatic rings. The number of benzene rings is 2. The summed E-state index contributed by atoms with van der Waals surface area (Å²) >= 11 is 0. The van der Waals surface area contributed by atoms with E-state index in [1.807, 2.05) is 18.2 Å². The number of aryl methyl sites for hydroxylation is 1. The van der Waals surface area contributed by atoms with Gasteiger partial charge in [0.1, 0.15) is 5.75 Å². The molecule has 0 unspecified atom stereocenters. The van der Waals surface area contributed by atoms with Crippen molar-refractivity contribution >= 4 is 17.6 Å². The molecule has 2 aromatic heterocycles. The molecule has 1 amide bonds. The highest BCUT2D eigenvalue weighted by Gasteiger charge is 2.21. The number of amides is 1. The number of carbonyl (C=O) groups is 2. The fourth-order valence-electron chi connectivity index (χ4n) is 4.22. The van der Waals surface area contributed by atoms with E-state index in [2.05, 4.69) is 53.1 Å². The van der Waals surface area contributed by atoms with Gasteiger partial charge in [0.15, 0.2) is 5.82 Å². The molecule has 0 aliphatic heterocycles. The Morgan fingerprint density at radius 3 is 2.41 bits per heavy atom. The topological polar surface area (TPSA) is 120 Å². The van der Waals surface area contributed by atoms with Crippen molar-refractivity contribution in [1.82, 2.24) is 20.1 Å². The van der Waals surface area contributed by atoms with Crippen LogP contribution in [0.15, 0.2) is 59.4 Å². The normalized spacial score (nSPS) is 11.3. The maximum absolute atomic E-state index is 13.3. The number of ether oxygens (including phenoxy) is 1. The van der Waals surface area contributed by atoms with Crippen molar-refractivity contribution in [2.24, 2.45) is 0 Å². The minimum absolute atomic E-state index is 0.111. The molecule has 4 rings (SSSR count). The zero-order valence-corrected chi connectivity index (χ0v) is 24.4. The van der Waals surface area contributed by atoms with Gasteiger partial charge in [0.05, 0.1) is 16.8 Å². The fourth-order valence-corrected chi connectivity index (χ4v) is 4.22. The molecular weight excluding hydrogens is 518 g/mol. The number of unbranched alkanes of at least 4 members (excludes halogenated alkanes) is 3. The Hall–Kier alpha value is -4.40. The van der Waals surface area contributed by atoms with E-state index in [0.717, 1.165) is 31.2 Å². The Morgan fingerprint density at radius 2 is 1.71 bits per heavy atom. The lowest BCUT2D eigenvalue weighted by Crippen LogP contribution is -2.16. The van der Waals surface area contributed by atoms with E-state index in [4.69, 9.17) is 9.26 Å². The zero-order chi connectivity index (χ0) is 29.4. The van der Waals surface area contributed by atoms with Crippen LogP contribution in [0.4, 0.5) is 5.69 Å². The molecule has 0 spiro atoms. The first kappa shape index (κ1) is 29.6. The molecule has 0 fully saturated rings. The summed E-state index contributed by atoms with van der Waals surface area (Å²) in [5, 5.41) is 7.04. The lowest BCUT2D eigenvalue weighted by molar-refractivity contribution is -0.133. The maximum atomic E-state index is 13.3. The lowest BCUT2D eigenvalue weighted by atomic mass is 9.86. The molecule has 0 saturated carbocycles. The molecule has 214 valence electrons. The van der Waals surface area contributed by atoms with Gasteiger partial charge < -0.3 is 14.6 Å². The van der Waals surface area contributed by atoms with Crippen LogP contribution in [0.25, 0.3) is 22.8 Å². The summed E-state index contributed by atoms with van der Waals surface area (Å²) in [6, 6.07) is 12.6. The molecule has 4 aromatic rings. The Bertz CT molecular complexity index is 1490. The van der Waals surface area contributed by atoms with Gasteiger partial charge in [0.2, 0.25) is 11.7 Å². The predicted octanol–water partition coefficient (Wildman–Crippen LogP) is 7.18. The minimum Gasteiger partial charge on any atom is -0.426 e. The third kappa shape index (κ3) is 7.63. The van der Waals surface area contributed by atoms with Crippen LogP contribution in [0, 0.1) is 0 Å². The second-order valence-electron chi connectivity index (χ2n) is 10.9. The lowest BCUT2D eigenvalue weighted by Gasteiger charge is -2.20. The number of nitrogens with zero attached hydrogens (tertiary/aromatic N) is 4. The summed E-state index contributed by atoms with van der Waals surface area (Å²) in [6.45, 7) is 10.2. The Kier molecular flexibility index (Phi) is 9.60. The van der Waals surface area contributed by atoms with Gasteiger partial charge in [0.25, 0.3) is 5.91 Å². The van der Waals surface area contributed by atoms with Crippen molar-refractivity contribution in [3.05, 3.63) is 71.9 Å². The number of anilines is 1. The van der Waals surface area contributed by atoms with Crippen LogP contribution in [0.2, 0.25) is 0 Å². The fraction of sp³-hybridized carbons (Fsp3) is 0.375. The van der Waals surface area contributed by atoms with E-state index >= 15 is 0 Å². The summed E-state index contributed by atoms with van der Waals surface area (Å²) in [5.74, 6) is 0.793. The Balaban J connectivity index is 1.63. The van der Waals surface area contributed by atoms with E-state index < -0.39 is 5.97 Å². The van der Waals surface area contributed by atoms with Crippen LogP contribution in [0.5, 0.6) is 5.75 Å². The van der Waals surface area contributed by atoms with E-state index in [9.17, 15) is 9.59 Å². The smallest absolute Gasteiger partial charge is 0.310 e. The van der Waals surface area contributed by atoms with Crippen molar-refractivity contribution in [3.63, 3.8) is 0 Å². The third-order valence-electron chi connectivity index (χ3n) is 6.62. The average Bonchev–Trinajstić information content (AvgIpc) is 3.44. The number of hydrogen-bond donors (Lipinski definition) is 1. The van der Waals surface area contributed by atoms with Gasteiger partial charge >= 0.3 is 5.97 Å². The molecular formula is C32H37N5O4. The van der Waals surface area contributed by atoms with Gasteiger partial charge in [-0.2, -0.15) is 4.98 Å². The van der Waals surface area contributed by atoms with Crippen LogP contribution in [0.3, 0.4) is 0 Å². The second-order valence-corrected chi connectivity index (χ2v) is 10.9. The van der Waals surface area contributed by atoms with E-state index in [-0.39, 0.29) is 29.3 Å². The molecule has 0 radical (unpaired) electrons. The van der Waals surface area contributed by atoms with Crippen molar-refractivity contribution in [2.45, 2.75) is 78.6 Å². The summed E-state index contributed by atoms with van der Waals surface area (Å²) in [5.41, 5.74) is 2.84. The molecule has 2 heterocycles. The molecule has 41 heavy (non-hydrogen) atoms. The first-order valence-corrected chi connectivity index (χ1v) is 14.1. The number of aromatic nitrogens is 4. The maximum Gasteiger partial charge on any atom is 0.310 e. The van der Waals surface area contributed by atoms with Crippen molar-refractivity contribution in [2.75, 3.05) is 5.32 Å². The van der Waals surface area contributed by atoms with Crippen molar-refractivity contribution < 1.29 is 18.8 Å². The van der Waals surface area contributed by atoms with Crippen molar-refractivity contribution in [3.8, 4) is 28.5 Å². The summed E-state index contributed by atoms with van der Waals surface area (Å²) in [4.78, 5) is 39.1. The summed E-state index contributed by atoms with van der Waals surface area (Å²) in [6.07, 6.45) is 8.54. The number of rotatable bonds is 11. The van der Waals surface area contributed by atoms with Crippen LogP contribution >= 0.6 is 0 Å². The minimum atomic E-state index is -0.414. The second kappa shape index (κ2) is 13.3. The monoisotopic (exact) mass is 555 g/mol. The number of carbonyl (C=O) groups excluding carboxylic acids is 2. The molecule has 0 bridgehead atoms. The van der Waals surface area contributed by atoms with Gasteiger partial charge in [-0.15, -0.1) is 0 Å². The SMILES string of the molecule is CCCCCCc1nc(-c2cnc(-c3c(NC(=O)c4cccc(C(C)(C)C)c4)cccc3OC(=O)CC)nc2)no1. The van der Waals surface area contributed by atoms with Gasteiger partial charge in [-0.05, 0) is 41.7 Å². The van der Waals surface area contributed by atoms with Crippen LogP contribution in [-0.4, -0.2) is 32.0 Å². The molecule has 1 N–H and O–H groups in total. The standard InChI is InChI=1S/C32H37N5O4/c1-6-8-9-10-17-26-36-29(37-41-26)22-19-33-30(34-20-22)28-24(15-12-16-25(28)40-27(38)7-2)35-31(39)21-13-11-14-23(18-21)32(3,4)5/h11-16,18-20H,6-10,17H2,1-5H3,(H,35,39).